The van der Waals surface area contributed by atoms with Crippen LogP contribution in [0.5, 0.6) is 5.88 Å². The molecular formula is C14H9ClFN9O5. The lowest BCUT2D eigenvalue weighted by molar-refractivity contribution is 0.0936. The average Bonchev–Trinajstić information content (AvgIpc) is 3.48. The fraction of sp³-hybridized carbons (Fsp3) is 0.143. The predicted molar refractivity (Wildman–Crippen MR) is 92.4 cm³/mol. The van der Waals surface area contributed by atoms with Crippen LogP contribution in [0.1, 0.15) is 10.6 Å². The summed E-state index contributed by atoms with van der Waals surface area (Å²) in [7, 11) is 0. The van der Waals surface area contributed by atoms with Crippen LogP contribution in [-0.2, 0) is 0 Å². The number of aromatic nitrogens is 8. The van der Waals surface area contributed by atoms with Crippen LogP contribution in [0.3, 0.4) is 0 Å². The van der Waals surface area contributed by atoms with Gasteiger partial charge in [0, 0.05) is 0 Å². The zero-order chi connectivity index (χ0) is 21.1. The first kappa shape index (κ1) is 19.2. The summed E-state index contributed by atoms with van der Waals surface area (Å²) in [5.74, 6) is -2.39. The Morgan fingerprint density at radius 2 is 2.20 bits per heavy atom. The van der Waals surface area contributed by atoms with Gasteiger partial charge in [0.1, 0.15) is 12.4 Å². The minimum atomic E-state index is -0.880. The zero-order valence-electron chi connectivity index (χ0n) is 14.6. The molecule has 0 aliphatic rings. The molecule has 1 amide bonds. The van der Waals surface area contributed by atoms with Gasteiger partial charge in [0.25, 0.3) is 11.8 Å². The van der Waals surface area contributed by atoms with Crippen molar-refractivity contribution >= 4 is 17.5 Å². The van der Waals surface area contributed by atoms with Crippen LogP contribution in [0, 0.1) is 5.82 Å². The molecule has 14 nitrogen and oxygen atoms in total. The number of carbonyl (C=O) groups excluding carboxylic acids is 1. The van der Waals surface area contributed by atoms with Gasteiger partial charge < -0.3 is 10.1 Å². The number of ether oxygens (including phenoxy) is 1. The highest BCUT2D eigenvalue weighted by Gasteiger charge is 2.24. The quantitative estimate of drug-likeness (QED) is 0.371. The van der Waals surface area contributed by atoms with Gasteiger partial charge >= 0.3 is 5.76 Å². The third kappa shape index (κ3) is 3.72. The largest absolute Gasteiger partial charge is 0.472 e. The van der Waals surface area contributed by atoms with Crippen LogP contribution >= 0.6 is 11.6 Å². The summed E-state index contributed by atoms with van der Waals surface area (Å²) in [5, 5.41) is 25.5. The van der Waals surface area contributed by atoms with Crippen molar-refractivity contribution in [1.29, 1.82) is 0 Å². The Morgan fingerprint density at radius 1 is 1.33 bits per heavy atom. The number of benzene rings is 1. The van der Waals surface area contributed by atoms with E-state index >= 15 is 0 Å². The van der Waals surface area contributed by atoms with Crippen molar-refractivity contribution in [3.63, 3.8) is 0 Å². The van der Waals surface area contributed by atoms with Crippen LogP contribution in [-0.4, -0.2) is 59.7 Å². The van der Waals surface area contributed by atoms with E-state index in [4.69, 9.17) is 16.3 Å². The molecule has 0 radical (unpaired) electrons. The van der Waals surface area contributed by atoms with Crippen LogP contribution in [0.2, 0.25) is 5.02 Å². The number of tetrazole rings is 1. The predicted octanol–water partition coefficient (Wildman–Crippen LogP) is -0.0101. The van der Waals surface area contributed by atoms with Crippen molar-refractivity contribution < 1.29 is 23.1 Å². The maximum atomic E-state index is 13.4. The summed E-state index contributed by atoms with van der Waals surface area (Å²) in [6, 6.07) is 3.58. The number of rotatable bonds is 7. The molecule has 2 N–H and O–H groups in total. The normalized spacial score (nSPS) is 10.9. The molecule has 1 aromatic carbocycles. The van der Waals surface area contributed by atoms with E-state index in [1.165, 1.54) is 12.1 Å². The number of amides is 1. The fourth-order valence-corrected chi connectivity index (χ4v) is 2.49. The number of H-pyrrole nitrogens is 1. The molecule has 3 heterocycles. The molecule has 0 saturated heterocycles. The van der Waals surface area contributed by atoms with E-state index in [0.717, 1.165) is 10.6 Å². The molecule has 4 rings (SSSR count). The highest BCUT2D eigenvalue weighted by Crippen LogP contribution is 2.27. The van der Waals surface area contributed by atoms with Gasteiger partial charge in [0.05, 0.1) is 17.3 Å². The molecule has 30 heavy (non-hydrogen) atoms. The van der Waals surface area contributed by atoms with Crippen molar-refractivity contribution in [1.82, 2.24) is 46.0 Å². The zero-order valence-corrected chi connectivity index (χ0v) is 15.3. The van der Waals surface area contributed by atoms with E-state index in [1.54, 1.807) is 0 Å². The third-order valence-corrected chi connectivity index (χ3v) is 3.91. The van der Waals surface area contributed by atoms with Gasteiger partial charge in [-0.25, -0.2) is 23.5 Å². The topological polar surface area (TPSA) is 180 Å². The Balaban J connectivity index is 1.50. The second-order valence-corrected chi connectivity index (χ2v) is 5.89. The maximum absolute atomic E-state index is 13.4. The number of nitrogens with one attached hydrogen (secondary N) is 2. The van der Waals surface area contributed by atoms with Crippen LogP contribution in [0.4, 0.5) is 4.39 Å². The maximum Gasteiger partial charge on any atom is 0.446 e. The van der Waals surface area contributed by atoms with E-state index in [2.05, 4.69) is 50.6 Å². The van der Waals surface area contributed by atoms with Crippen LogP contribution in [0.25, 0.3) is 17.2 Å². The SMILES string of the molecule is O=C(NCCOc1nonc1-c1noc(=O)n1-c1ccc(F)c(Cl)c1)c1nnn[nH]1. The molecular weight excluding hydrogens is 429 g/mol. The molecule has 4 aromatic rings. The average molecular weight is 438 g/mol. The third-order valence-electron chi connectivity index (χ3n) is 3.62. The minimum Gasteiger partial charge on any atom is -0.472 e. The Kier molecular flexibility index (Phi) is 5.17. The second kappa shape index (κ2) is 8.08. The van der Waals surface area contributed by atoms with Crippen molar-refractivity contribution in [2.75, 3.05) is 13.2 Å². The van der Waals surface area contributed by atoms with E-state index in [-0.39, 0.29) is 47.1 Å². The lowest BCUT2D eigenvalue weighted by atomic mass is 10.3. The Hall–Kier alpha value is -4.14. The van der Waals surface area contributed by atoms with Crippen molar-refractivity contribution in [2.24, 2.45) is 0 Å². The molecule has 154 valence electrons. The van der Waals surface area contributed by atoms with Gasteiger partial charge in [0.2, 0.25) is 17.3 Å². The van der Waals surface area contributed by atoms with Crippen molar-refractivity contribution in [3.8, 4) is 23.1 Å². The number of aromatic amines is 1. The van der Waals surface area contributed by atoms with Crippen LogP contribution < -0.4 is 15.8 Å². The van der Waals surface area contributed by atoms with Gasteiger partial charge in [-0.2, -0.15) is 0 Å². The second-order valence-electron chi connectivity index (χ2n) is 5.48. The van der Waals surface area contributed by atoms with Gasteiger partial charge in [-0.1, -0.05) is 16.8 Å². The number of hydrogen-bond donors (Lipinski definition) is 2. The summed E-state index contributed by atoms with van der Waals surface area (Å²) >= 11 is 5.78. The Bertz CT molecular complexity index is 1230. The molecule has 0 aliphatic heterocycles. The fourth-order valence-electron chi connectivity index (χ4n) is 2.31. The molecule has 0 aliphatic carbocycles. The number of halogens is 2. The minimum absolute atomic E-state index is 0.0427. The first-order valence-corrected chi connectivity index (χ1v) is 8.44. The first-order valence-electron chi connectivity index (χ1n) is 8.06. The lowest BCUT2D eigenvalue weighted by Crippen LogP contribution is -2.29. The van der Waals surface area contributed by atoms with E-state index in [9.17, 15) is 14.0 Å². The van der Waals surface area contributed by atoms with E-state index < -0.39 is 17.5 Å². The smallest absolute Gasteiger partial charge is 0.446 e. The van der Waals surface area contributed by atoms with Gasteiger partial charge in [0.15, 0.2) is 0 Å². The molecule has 0 bridgehead atoms. The molecule has 3 aromatic heterocycles. The summed E-state index contributed by atoms with van der Waals surface area (Å²) in [5.41, 5.74) is 0.108. The van der Waals surface area contributed by atoms with Crippen molar-refractivity contribution in [2.45, 2.75) is 0 Å². The monoisotopic (exact) mass is 437 g/mol. The van der Waals surface area contributed by atoms with Gasteiger partial charge in [-0.05, 0) is 38.9 Å². The first-order chi connectivity index (χ1) is 14.5. The van der Waals surface area contributed by atoms with Gasteiger partial charge in [-0.15, -0.1) is 5.10 Å². The standard InChI is InChI=1S/C14H9ClFN9O5/c15-7-5-6(1-2-8(7)16)25-11(21-29-14(25)27)9-13(22-30-20-9)28-4-3-17-12(26)10-18-23-24-19-10/h1-2,5H,3-4H2,(H,17,26)(H,18,19,23,24). The number of hydrogen-bond acceptors (Lipinski definition) is 11. The molecule has 0 saturated carbocycles. The molecule has 0 spiro atoms. The van der Waals surface area contributed by atoms with Crippen LogP contribution in [0.15, 0.2) is 32.1 Å². The summed E-state index contributed by atoms with van der Waals surface area (Å²) in [4.78, 5) is 23.8. The highest BCUT2D eigenvalue weighted by molar-refractivity contribution is 6.30. The summed E-state index contributed by atoms with van der Waals surface area (Å²) in [6.07, 6.45) is 0. The lowest BCUT2D eigenvalue weighted by Gasteiger charge is -2.06. The van der Waals surface area contributed by atoms with E-state index in [1.807, 2.05) is 0 Å². The summed E-state index contributed by atoms with van der Waals surface area (Å²) < 4.78 is 29.2. The van der Waals surface area contributed by atoms with Gasteiger partial charge in [-0.3, -0.25) is 9.32 Å². The summed E-state index contributed by atoms with van der Waals surface area (Å²) in [6.45, 7) is 0.0179. The Morgan fingerprint density at radius 3 is 2.97 bits per heavy atom. The van der Waals surface area contributed by atoms with Crippen molar-refractivity contribution in [3.05, 3.63) is 45.4 Å². The Labute approximate surface area is 168 Å². The number of carbonyl (C=O) groups is 1. The highest BCUT2D eigenvalue weighted by atomic mass is 35.5. The number of nitrogens with zero attached hydrogens (tertiary/aromatic N) is 7. The molecule has 0 atom stereocenters. The molecule has 0 fully saturated rings. The molecule has 16 heteroatoms. The van der Waals surface area contributed by atoms with E-state index in [0.29, 0.717) is 0 Å². The molecule has 0 unspecified atom stereocenters.